The summed E-state index contributed by atoms with van der Waals surface area (Å²) in [4.78, 5) is 16.6. The molecule has 4 heteroatoms. The van der Waals surface area contributed by atoms with Crippen molar-refractivity contribution in [1.82, 2.24) is 4.98 Å². The highest BCUT2D eigenvalue weighted by molar-refractivity contribution is 7.12. The lowest BCUT2D eigenvalue weighted by molar-refractivity contribution is 0.103. The van der Waals surface area contributed by atoms with Crippen LogP contribution in [0.4, 0.5) is 5.69 Å². The Kier molecular flexibility index (Phi) is 3.56. The molecule has 0 spiro atoms. The number of benzene rings is 1. The number of nitrogens with one attached hydrogen (secondary N) is 1. The summed E-state index contributed by atoms with van der Waals surface area (Å²) in [6.07, 6.45) is 3.53. The maximum atomic E-state index is 11.9. The van der Waals surface area contributed by atoms with Gasteiger partial charge in [0.25, 0.3) is 5.91 Å². The zero-order valence-corrected chi connectivity index (χ0v) is 11.4. The van der Waals surface area contributed by atoms with Crippen LogP contribution in [0, 0.1) is 0 Å². The van der Waals surface area contributed by atoms with Crippen molar-refractivity contribution in [3.05, 3.63) is 71.2 Å². The molecule has 3 aromatic rings. The first kappa shape index (κ1) is 12.6. The van der Waals surface area contributed by atoms with Crippen LogP contribution in [-0.4, -0.2) is 10.9 Å². The first-order valence-corrected chi connectivity index (χ1v) is 7.06. The summed E-state index contributed by atoms with van der Waals surface area (Å²) in [5.41, 5.74) is 3.00. The molecule has 3 rings (SSSR count). The number of anilines is 1. The molecule has 3 nitrogen and oxygen atoms in total. The highest BCUT2D eigenvalue weighted by Gasteiger charge is 2.06. The summed E-state index contributed by atoms with van der Waals surface area (Å²) in [5.74, 6) is -0.0725. The van der Waals surface area contributed by atoms with Crippen LogP contribution in [0.2, 0.25) is 0 Å². The molecule has 0 atom stereocenters. The van der Waals surface area contributed by atoms with Crippen molar-refractivity contribution < 1.29 is 4.79 Å². The zero-order chi connectivity index (χ0) is 13.8. The van der Waals surface area contributed by atoms with Crippen LogP contribution in [0.3, 0.4) is 0 Å². The van der Waals surface area contributed by atoms with Crippen LogP contribution in [0.5, 0.6) is 0 Å². The number of nitrogens with zero attached hydrogens (tertiary/aromatic N) is 1. The van der Waals surface area contributed by atoms with Crippen molar-refractivity contribution in [2.75, 3.05) is 5.32 Å². The van der Waals surface area contributed by atoms with Gasteiger partial charge in [0.1, 0.15) is 0 Å². The number of carbonyl (C=O) groups excluding carboxylic acids is 1. The molecule has 20 heavy (non-hydrogen) atoms. The molecular weight excluding hydrogens is 268 g/mol. The lowest BCUT2D eigenvalue weighted by Gasteiger charge is -2.05. The summed E-state index contributed by atoms with van der Waals surface area (Å²) < 4.78 is 0. The molecule has 1 aromatic carbocycles. The van der Waals surface area contributed by atoms with Gasteiger partial charge in [-0.05, 0) is 46.8 Å². The van der Waals surface area contributed by atoms with E-state index in [4.69, 9.17) is 0 Å². The fourth-order valence-corrected chi connectivity index (χ4v) is 2.51. The molecule has 0 radical (unpaired) electrons. The lowest BCUT2D eigenvalue weighted by Crippen LogP contribution is -2.09. The molecule has 1 amide bonds. The second-order valence-electron chi connectivity index (χ2n) is 4.24. The third-order valence-electron chi connectivity index (χ3n) is 2.90. The minimum absolute atomic E-state index is 0.0725. The number of rotatable bonds is 3. The van der Waals surface area contributed by atoms with Crippen molar-refractivity contribution >= 4 is 22.9 Å². The van der Waals surface area contributed by atoms with Gasteiger partial charge in [-0.3, -0.25) is 9.78 Å². The van der Waals surface area contributed by atoms with E-state index in [2.05, 4.69) is 10.3 Å². The molecule has 0 aliphatic heterocycles. The molecule has 0 aliphatic rings. The van der Waals surface area contributed by atoms with Gasteiger partial charge in [0.15, 0.2) is 0 Å². The van der Waals surface area contributed by atoms with Gasteiger partial charge in [-0.15, -0.1) is 11.3 Å². The predicted molar refractivity (Wildman–Crippen MR) is 81.9 cm³/mol. The molecule has 2 aromatic heterocycles. The third kappa shape index (κ3) is 2.75. The Balaban J connectivity index is 1.75. The van der Waals surface area contributed by atoms with Gasteiger partial charge in [0.2, 0.25) is 0 Å². The minimum Gasteiger partial charge on any atom is -0.321 e. The van der Waals surface area contributed by atoms with Crippen molar-refractivity contribution in [2.24, 2.45) is 0 Å². The van der Waals surface area contributed by atoms with E-state index in [9.17, 15) is 4.79 Å². The summed E-state index contributed by atoms with van der Waals surface area (Å²) in [6.45, 7) is 0. The first-order valence-electron chi connectivity index (χ1n) is 6.18. The van der Waals surface area contributed by atoms with Gasteiger partial charge in [0.05, 0.1) is 4.88 Å². The summed E-state index contributed by atoms with van der Waals surface area (Å²) in [5, 5.41) is 4.77. The number of hydrogen-bond acceptors (Lipinski definition) is 3. The average molecular weight is 280 g/mol. The largest absolute Gasteiger partial charge is 0.321 e. The van der Waals surface area contributed by atoms with Gasteiger partial charge in [-0.1, -0.05) is 18.2 Å². The maximum absolute atomic E-state index is 11.9. The number of pyridine rings is 1. The molecule has 0 saturated carbocycles. The van der Waals surface area contributed by atoms with Crippen LogP contribution in [0.1, 0.15) is 9.67 Å². The maximum Gasteiger partial charge on any atom is 0.265 e. The van der Waals surface area contributed by atoms with Gasteiger partial charge >= 0.3 is 0 Å². The van der Waals surface area contributed by atoms with Gasteiger partial charge in [-0.25, -0.2) is 0 Å². The summed E-state index contributed by atoms with van der Waals surface area (Å²) in [6, 6.07) is 15.4. The Labute approximate surface area is 120 Å². The van der Waals surface area contributed by atoms with Crippen molar-refractivity contribution in [1.29, 1.82) is 0 Å². The zero-order valence-electron chi connectivity index (χ0n) is 10.6. The highest BCUT2D eigenvalue weighted by Crippen LogP contribution is 2.21. The molecule has 0 fully saturated rings. The SMILES string of the molecule is O=C(Nc1ccc(-c2ccncc2)cc1)c1cccs1. The van der Waals surface area contributed by atoms with Gasteiger partial charge < -0.3 is 5.32 Å². The smallest absolute Gasteiger partial charge is 0.265 e. The number of carbonyl (C=O) groups is 1. The van der Waals surface area contributed by atoms with Crippen LogP contribution in [-0.2, 0) is 0 Å². The Morgan fingerprint density at radius 1 is 0.950 bits per heavy atom. The molecule has 1 N–H and O–H groups in total. The van der Waals surface area contributed by atoms with Gasteiger partial charge in [0, 0.05) is 18.1 Å². The lowest BCUT2D eigenvalue weighted by atomic mass is 10.1. The molecule has 0 aliphatic carbocycles. The molecule has 0 unspecified atom stereocenters. The van der Waals surface area contributed by atoms with E-state index in [-0.39, 0.29) is 5.91 Å². The Bertz CT molecular complexity index is 691. The monoisotopic (exact) mass is 280 g/mol. The number of aromatic nitrogens is 1. The van der Waals surface area contributed by atoms with Gasteiger partial charge in [-0.2, -0.15) is 0 Å². The Morgan fingerprint density at radius 2 is 1.65 bits per heavy atom. The normalized spacial score (nSPS) is 10.2. The molecule has 2 heterocycles. The second-order valence-corrected chi connectivity index (χ2v) is 5.19. The van der Waals surface area contributed by atoms with Crippen molar-refractivity contribution in [3.8, 4) is 11.1 Å². The van der Waals surface area contributed by atoms with Crippen LogP contribution < -0.4 is 5.32 Å². The van der Waals surface area contributed by atoms with E-state index >= 15 is 0 Å². The standard InChI is InChI=1S/C16H12N2OS/c19-16(15-2-1-11-20-15)18-14-5-3-12(4-6-14)13-7-9-17-10-8-13/h1-11H,(H,18,19). The number of amides is 1. The summed E-state index contributed by atoms with van der Waals surface area (Å²) in [7, 11) is 0. The van der Waals surface area contributed by atoms with E-state index in [1.807, 2.05) is 53.9 Å². The van der Waals surface area contributed by atoms with E-state index in [0.29, 0.717) is 4.88 Å². The fraction of sp³-hybridized carbons (Fsp3) is 0. The topological polar surface area (TPSA) is 42.0 Å². The van der Waals surface area contributed by atoms with E-state index in [1.165, 1.54) is 11.3 Å². The van der Waals surface area contributed by atoms with Crippen molar-refractivity contribution in [2.45, 2.75) is 0 Å². The quantitative estimate of drug-likeness (QED) is 0.786. The Hall–Kier alpha value is -2.46. The second kappa shape index (κ2) is 5.67. The van der Waals surface area contributed by atoms with E-state index < -0.39 is 0 Å². The number of hydrogen-bond donors (Lipinski definition) is 1. The first-order chi connectivity index (χ1) is 9.83. The van der Waals surface area contributed by atoms with E-state index in [1.54, 1.807) is 12.4 Å². The third-order valence-corrected chi connectivity index (χ3v) is 3.77. The molecular formula is C16H12N2OS. The predicted octanol–water partition coefficient (Wildman–Crippen LogP) is 4.06. The van der Waals surface area contributed by atoms with Crippen LogP contribution >= 0.6 is 11.3 Å². The van der Waals surface area contributed by atoms with Crippen molar-refractivity contribution in [3.63, 3.8) is 0 Å². The Morgan fingerprint density at radius 3 is 2.30 bits per heavy atom. The molecule has 0 saturated heterocycles. The fourth-order valence-electron chi connectivity index (χ4n) is 1.89. The summed E-state index contributed by atoms with van der Waals surface area (Å²) >= 11 is 1.43. The molecule has 98 valence electrons. The minimum atomic E-state index is -0.0725. The van der Waals surface area contributed by atoms with Crippen LogP contribution in [0.15, 0.2) is 66.3 Å². The number of thiophene rings is 1. The average Bonchev–Trinajstić information content (AvgIpc) is 3.03. The van der Waals surface area contributed by atoms with Crippen LogP contribution in [0.25, 0.3) is 11.1 Å². The highest BCUT2D eigenvalue weighted by atomic mass is 32.1. The van der Waals surface area contributed by atoms with E-state index in [0.717, 1.165) is 16.8 Å². The molecule has 0 bridgehead atoms.